The highest BCUT2D eigenvalue weighted by Crippen LogP contribution is 2.32. The number of non-ortho nitro benzene ring substituents is 1. The van der Waals surface area contributed by atoms with Gasteiger partial charge in [0, 0.05) is 40.9 Å². The third-order valence-electron chi connectivity index (χ3n) is 5.47. The average Bonchev–Trinajstić information content (AvgIpc) is 3.38. The Labute approximate surface area is 204 Å². The Morgan fingerprint density at radius 1 is 1.09 bits per heavy atom. The van der Waals surface area contributed by atoms with E-state index in [2.05, 4.69) is 9.98 Å². The fraction of sp³-hybridized carbons (Fsp3) is 0.120. The number of carbonyl (C=O) groups excluding carboxylic acids is 1. The Hall–Kier alpha value is -4.44. The summed E-state index contributed by atoms with van der Waals surface area (Å²) in [6, 6.07) is 17.4. The van der Waals surface area contributed by atoms with Crippen LogP contribution in [-0.2, 0) is 4.79 Å². The van der Waals surface area contributed by atoms with Gasteiger partial charge in [0.05, 0.1) is 28.2 Å². The Balaban J connectivity index is 1.75. The van der Waals surface area contributed by atoms with E-state index in [1.807, 2.05) is 49.6 Å². The summed E-state index contributed by atoms with van der Waals surface area (Å²) in [6.45, 7) is 3.90. The van der Waals surface area contributed by atoms with Crippen molar-refractivity contribution in [1.29, 1.82) is 0 Å². The molecule has 0 N–H and O–H groups in total. The first-order valence-corrected chi connectivity index (χ1v) is 11.7. The third-order valence-corrected chi connectivity index (χ3v) is 6.28. The molecule has 0 fully saturated rings. The summed E-state index contributed by atoms with van der Waals surface area (Å²) in [5.41, 5.74) is 3.57. The number of thiazole rings is 1. The van der Waals surface area contributed by atoms with E-state index in [1.54, 1.807) is 40.2 Å². The quantitative estimate of drug-likeness (QED) is 0.301. The SMILES string of the molecule is CC(C)N1C(=O)C(=Nn2c(-c3cccc([N+](=O)[O-])c3)csc2=Nc2cccnc2)c2ccccc21. The van der Waals surface area contributed by atoms with Gasteiger partial charge in [-0.25, -0.2) is 9.67 Å². The lowest BCUT2D eigenvalue weighted by molar-refractivity contribution is -0.384. The number of nitro groups is 1. The number of benzene rings is 2. The fourth-order valence-electron chi connectivity index (χ4n) is 3.91. The van der Waals surface area contributed by atoms with Crippen molar-refractivity contribution in [1.82, 2.24) is 9.66 Å². The smallest absolute Gasteiger partial charge is 0.279 e. The van der Waals surface area contributed by atoms with E-state index >= 15 is 0 Å². The number of aromatic nitrogens is 2. The van der Waals surface area contributed by atoms with Crippen molar-refractivity contribution >= 4 is 40.0 Å². The second-order valence-electron chi connectivity index (χ2n) is 8.08. The van der Waals surface area contributed by atoms with Gasteiger partial charge in [-0.2, -0.15) is 5.10 Å². The second-order valence-corrected chi connectivity index (χ2v) is 8.92. The monoisotopic (exact) mass is 484 g/mol. The van der Waals surface area contributed by atoms with Crippen molar-refractivity contribution in [3.63, 3.8) is 0 Å². The molecule has 4 aromatic rings. The lowest BCUT2D eigenvalue weighted by Gasteiger charge is -2.20. The van der Waals surface area contributed by atoms with Gasteiger partial charge in [0.15, 0.2) is 5.71 Å². The maximum absolute atomic E-state index is 13.4. The first-order chi connectivity index (χ1) is 16.9. The molecule has 9 nitrogen and oxygen atoms in total. The number of amides is 1. The van der Waals surface area contributed by atoms with Crippen molar-refractivity contribution in [3.8, 4) is 11.3 Å². The van der Waals surface area contributed by atoms with Gasteiger partial charge in [-0.15, -0.1) is 11.3 Å². The summed E-state index contributed by atoms with van der Waals surface area (Å²) in [5, 5.41) is 18.0. The molecule has 0 saturated carbocycles. The van der Waals surface area contributed by atoms with E-state index in [0.717, 1.165) is 11.3 Å². The van der Waals surface area contributed by atoms with Gasteiger partial charge in [-0.3, -0.25) is 19.9 Å². The van der Waals surface area contributed by atoms with E-state index < -0.39 is 4.92 Å². The number of pyridine rings is 1. The molecule has 0 saturated heterocycles. The summed E-state index contributed by atoms with van der Waals surface area (Å²) >= 11 is 1.32. The number of rotatable bonds is 5. The normalized spacial score (nSPS) is 14.7. The molecule has 35 heavy (non-hydrogen) atoms. The average molecular weight is 485 g/mol. The maximum Gasteiger partial charge on any atom is 0.279 e. The first-order valence-electron chi connectivity index (χ1n) is 10.9. The molecular formula is C25H20N6O3S. The molecule has 2 aromatic carbocycles. The van der Waals surface area contributed by atoms with Gasteiger partial charge in [0.1, 0.15) is 0 Å². The standard InChI is InChI=1S/C25H20N6O3S/c1-16(2)29-21-11-4-3-10-20(21)23(24(29)32)28-30-22(17-7-5-9-19(13-17)31(33)34)15-35-25(30)27-18-8-6-12-26-14-18/h3-16H,1-2H3. The molecular weight excluding hydrogens is 464 g/mol. The Kier molecular flexibility index (Phi) is 5.79. The highest BCUT2D eigenvalue weighted by atomic mass is 32.1. The summed E-state index contributed by atoms with van der Waals surface area (Å²) in [4.78, 5) is 35.4. The highest BCUT2D eigenvalue weighted by molar-refractivity contribution is 7.07. The van der Waals surface area contributed by atoms with Gasteiger partial charge in [-0.1, -0.05) is 30.3 Å². The lowest BCUT2D eigenvalue weighted by atomic mass is 10.1. The van der Waals surface area contributed by atoms with Crippen molar-refractivity contribution in [2.24, 2.45) is 10.1 Å². The Morgan fingerprint density at radius 3 is 2.66 bits per heavy atom. The van der Waals surface area contributed by atoms with Crippen molar-refractivity contribution in [3.05, 3.63) is 98.9 Å². The molecule has 0 radical (unpaired) electrons. The molecule has 2 aromatic heterocycles. The van der Waals surface area contributed by atoms with Gasteiger partial charge in [0.2, 0.25) is 4.80 Å². The molecule has 0 aliphatic carbocycles. The van der Waals surface area contributed by atoms with Crippen LogP contribution in [0, 0.1) is 10.1 Å². The second kappa shape index (κ2) is 9.07. The number of carbonyl (C=O) groups is 1. The van der Waals surface area contributed by atoms with Crippen molar-refractivity contribution in [2.75, 3.05) is 4.90 Å². The van der Waals surface area contributed by atoms with Crippen LogP contribution in [0.5, 0.6) is 0 Å². The van der Waals surface area contributed by atoms with E-state index in [0.29, 0.717) is 21.7 Å². The Bertz CT molecular complexity index is 1540. The number of hydrogen-bond donors (Lipinski definition) is 0. The van der Waals surface area contributed by atoms with Gasteiger partial charge >= 0.3 is 0 Å². The molecule has 10 heteroatoms. The molecule has 5 rings (SSSR count). The summed E-state index contributed by atoms with van der Waals surface area (Å²) in [6.07, 6.45) is 3.28. The minimum absolute atomic E-state index is 0.0353. The molecule has 1 aliphatic rings. The van der Waals surface area contributed by atoms with Crippen LogP contribution in [0.15, 0.2) is 88.5 Å². The number of nitrogens with zero attached hydrogens (tertiary/aromatic N) is 6. The largest absolute Gasteiger partial charge is 0.304 e. The van der Waals surface area contributed by atoms with Crippen LogP contribution < -0.4 is 9.70 Å². The predicted molar refractivity (Wildman–Crippen MR) is 135 cm³/mol. The van der Waals surface area contributed by atoms with Gasteiger partial charge in [0.25, 0.3) is 11.6 Å². The van der Waals surface area contributed by atoms with E-state index in [4.69, 9.17) is 5.10 Å². The maximum atomic E-state index is 13.4. The summed E-state index contributed by atoms with van der Waals surface area (Å²) in [5.74, 6) is -0.211. The van der Waals surface area contributed by atoms with Crippen LogP contribution in [0.2, 0.25) is 0 Å². The lowest BCUT2D eigenvalue weighted by Crippen LogP contribution is -2.36. The third kappa shape index (κ3) is 4.15. The number of anilines is 1. The number of para-hydroxylation sites is 1. The van der Waals surface area contributed by atoms with Crippen LogP contribution in [0.3, 0.4) is 0 Å². The van der Waals surface area contributed by atoms with Crippen LogP contribution in [0.1, 0.15) is 19.4 Å². The zero-order valence-electron chi connectivity index (χ0n) is 18.9. The van der Waals surface area contributed by atoms with Crippen molar-refractivity contribution < 1.29 is 9.72 Å². The minimum atomic E-state index is -0.440. The fourth-order valence-corrected chi connectivity index (χ4v) is 4.76. The number of hydrogen-bond acceptors (Lipinski definition) is 7. The number of fused-ring (bicyclic) bond motifs is 1. The molecule has 0 spiro atoms. The zero-order chi connectivity index (χ0) is 24.5. The molecule has 1 amide bonds. The summed E-state index contributed by atoms with van der Waals surface area (Å²) in [7, 11) is 0. The molecule has 0 bridgehead atoms. The number of nitro benzene ring substituents is 1. The minimum Gasteiger partial charge on any atom is -0.304 e. The van der Waals surface area contributed by atoms with Crippen LogP contribution in [0.25, 0.3) is 11.3 Å². The van der Waals surface area contributed by atoms with E-state index in [1.165, 1.54) is 23.5 Å². The molecule has 3 heterocycles. The molecule has 174 valence electrons. The zero-order valence-corrected chi connectivity index (χ0v) is 19.7. The predicted octanol–water partition coefficient (Wildman–Crippen LogP) is 4.76. The summed E-state index contributed by atoms with van der Waals surface area (Å²) < 4.78 is 1.57. The van der Waals surface area contributed by atoms with Crippen LogP contribution >= 0.6 is 11.3 Å². The van der Waals surface area contributed by atoms with Gasteiger partial charge in [-0.05, 0) is 32.0 Å². The molecule has 0 atom stereocenters. The Morgan fingerprint density at radius 2 is 1.91 bits per heavy atom. The van der Waals surface area contributed by atoms with E-state index in [-0.39, 0.29) is 23.3 Å². The molecule has 1 aliphatic heterocycles. The van der Waals surface area contributed by atoms with Crippen molar-refractivity contribution in [2.45, 2.75) is 19.9 Å². The molecule has 0 unspecified atom stereocenters. The topological polar surface area (TPSA) is 106 Å². The van der Waals surface area contributed by atoms with E-state index in [9.17, 15) is 14.9 Å². The first kappa shape index (κ1) is 22.4. The van der Waals surface area contributed by atoms with Crippen LogP contribution in [0.4, 0.5) is 17.1 Å². The van der Waals surface area contributed by atoms with Crippen LogP contribution in [-0.4, -0.2) is 32.2 Å². The van der Waals surface area contributed by atoms with Gasteiger partial charge < -0.3 is 4.90 Å². The highest BCUT2D eigenvalue weighted by Gasteiger charge is 2.35.